The van der Waals surface area contributed by atoms with Gasteiger partial charge >= 0.3 is 0 Å². The summed E-state index contributed by atoms with van der Waals surface area (Å²) in [6.45, 7) is 2.19. The Balaban J connectivity index is 1.53. The number of fused-ring (bicyclic) bond motifs is 1. The minimum atomic E-state index is 0.594. The normalized spacial score (nSPS) is 17.4. The molecule has 0 unspecified atom stereocenters. The van der Waals surface area contributed by atoms with E-state index in [0.29, 0.717) is 5.41 Å². The molecular formula is C26H28N+. The molecule has 2 aliphatic rings. The van der Waals surface area contributed by atoms with E-state index in [9.17, 15) is 0 Å². The molecule has 0 bridgehead atoms. The molecule has 5 rings (SSSR count). The van der Waals surface area contributed by atoms with Crippen LogP contribution in [0.3, 0.4) is 0 Å². The molecule has 27 heavy (non-hydrogen) atoms. The number of hydrogen-bond donors (Lipinski definition) is 0. The van der Waals surface area contributed by atoms with Crippen LogP contribution in [0.1, 0.15) is 42.4 Å². The van der Waals surface area contributed by atoms with Crippen LogP contribution < -0.4 is 4.57 Å². The smallest absolute Gasteiger partial charge is 0.201 e. The topological polar surface area (TPSA) is 3.88 Å². The van der Waals surface area contributed by atoms with Crippen molar-refractivity contribution in [2.75, 3.05) is 0 Å². The van der Waals surface area contributed by atoms with Crippen molar-refractivity contribution in [2.24, 2.45) is 12.5 Å². The Bertz CT molecular complexity index is 1010. The van der Waals surface area contributed by atoms with Crippen LogP contribution in [0.2, 0.25) is 0 Å². The first kappa shape index (κ1) is 16.7. The first-order valence-electron chi connectivity index (χ1n) is 10.3. The molecule has 2 aliphatic carbocycles. The third kappa shape index (κ3) is 2.90. The Kier molecular flexibility index (Phi) is 3.93. The molecule has 1 heteroatoms. The minimum absolute atomic E-state index is 0.594. The molecule has 0 radical (unpaired) electrons. The fraction of sp³-hybridized carbons (Fsp3) is 0.346. The average molecular weight is 355 g/mol. The molecule has 0 N–H and O–H groups in total. The van der Waals surface area contributed by atoms with E-state index in [0.717, 1.165) is 0 Å². The highest BCUT2D eigenvalue weighted by atomic mass is 14.9. The summed E-state index contributed by atoms with van der Waals surface area (Å²) in [5, 5.41) is 0. The highest BCUT2D eigenvalue weighted by molar-refractivity contribution is 5.71. The van der Waals surface area contributed by atoms with Gasteiger partial charge in [0.2, 0.25) is 5.69 Å². The third-order valence-electron chi connectivity index (χ3n) is 6.91. The SMILES string of the molecule is Cc1ccccc1-c1cc(-c2ccc3c(c2)CC2(CCCC2)C3)cc[n+]1C. The highest BCUT2D eigenvalue weighted by Gasteiger charge is 2.39. The summed E-state index contributed by atoms with van der Waals surface area (Å²) in [5.41, 5.74) is 10.4. The summed E-state index contributed by atoms with van der Waals surface area (Å²) in [6.07, 6.45) is 10.5. The number of nitrogens with zero attached hydrogens (tertiary/aromatic N) is 1. The van der Waals surface area contributed by atoms with E-state index in [1.807, 2.05) is 0 Å². The maximum Gasteiger partial charge on any atom is 0.213 e. The Hall–Kier alpha value is -2.41. The van der Waals surface area contributed by atoms with Crippen LogP contribution in [-0.4, -0.2) is 0 Å². The number of benzene rings is 2. The van der Waals surface area contributed by atoms with Gasteiger partial charge < -0.3 is 0 Å². The second-order valence-corrected chi connectivity index (χ2v) is 8.77. The fourth-order valence-corrected chi connectivity index (χ4v) is 5.37. The molecular weight excluding hydrogens is 326 g/mol. The molecule has 1 fully saturated rings. The van der Waals surface area contributed by atoms with E-state index in [4.69, 9.17) is 0 Å². The first-order chi connectivity index (χ1) is 13.1. The zero-order chi connectivity index (χ0) is 18.4. The van der Waals surface area contributed by atoms with Crippen LogP contribution >= 0.6 is 0 Å². The van der Waals surface area contributed by atoms with Gasteiger partial charge in [0, 0.05) is 17.7 Å². The molecule has 0 aliphatic heterocycles. The number of aryl methyl sites for hydroxylation is 2. The van der Waals surface area contributed by atoms with Crippen molar-refractivity contribution < 1.29 is 4.57 Å². The van der Waals surface area contributed by atoms with Crippen molar-refractivity contribution in [1.29, 1.82) is 0 Å². The van der Waals surface area contributed by atoms with Gasteiger partial charge in [0.15, 0.2) is 6.20 Å². The van der Waals surface area contributed by atoms with Gasteiger partial charge in [-0.05, 0) is 71.9 Å². The summed E-state index contributed by atoms with van der Waals surface area (Å²) in [6, 6.07) is 20.5. The molecule has 1 saturated carbocycles. The standard InChI is InChI=1S/C26H28N/c1-19-7-3-4-8-24(19)25-16-21(11-14-27(25)2)20-9-10-22-17-26(12-5-6-13-26)18-23(22)15-20/h3-4,7-11,14-16H,5-6,12-13,17-18H2,1-2H3/q+1. The lowest BCUT2D eigenvalue weighted by Gasteiger charge is -2.21. The highest BCUT2D eigenvalue weighted by Crippen LogP contribution is 2.49. The van der Waals surface area contributed by atoms with Gasteiger partial charge in [0.05, 0.1) is 0 Å². The largest absolute Gasteiger partial charge is 0.213 e. The van der Waals surface area contributed by atoms with Crippen LogP contribution in [0.5, 0.6) is 0 Å². The number of rotatable bonds is 2. The van der Waals surface area contributed by atoms with Crippen molar-refractivity contribution in [2.45, 2.75) is 45.4 Å². The lowest BCUT2D eigenvalue weighted by Crippen LogP contribution is -2.30. The molecule has 0 saturated heterocycles. The van der Waals surface area contributed by atoms with Gasteiger partial charge in [0.1, 0.15) is 7.05 Å². The maximum absolute atomic E-state index is 2.47. The Morgan fingerprint density at radius 2 is 1.56 bits per heavy atom. The molecule has 1 spiro atoms. The second-order valence-electron chi connectivity index (χ2n) is 8.77. The minimum Gasteiger partial charge on any atom is -0.201 e. The summed E-state index contributed by atoms with van der Waals surface area (Å²) in [7, 11) is 2.14. The predicted octanol–water partition coefficient (Wildman–Crippen LogP) is 5.81. The van der Waals surface area contributed by atoms with E-state index in [1.165, 1.54) is 66.5 Å². The predicted molar refractivity (Wildman–Crippen MR) is 112 cm³/mol. The van der Waals surface area contributed by atoms with Crippen molar-refractivity contribution in [3.05, 3.63) is 77.5 Å². The number of hydrogen-bond acceptors (Lipinski definition) is 0. The summed E-state index contributed by atoms with van der Waals surface area (Å²) < 4.78 is 2.23. The lowest BCUT2D eigenvalue weighted by molar-refractivity contribution is -0.660. The summed E-state index contributed by atoms with van der Waals surface area (Å²) >= 11 is 0. The van der Waals surface area contributed by atoms with Crippen LogP contribution in [0.25, 0.3) is 22.4 Å². The summed E-state index contributed by atoms with van der Waals surface area (Å²) in [5.74, 6) is 0. The van der Waals surface area contributed by atoms with Gasteiger partial charge in [-0.25, -0.2) is 4.57 Å². The number of pyridine rings is 1. The van der Waals surface area contributed by atoms with E-state index < -0.39 is 0 Å². The molecule has 0 atom stereocenters. The van der Waals surface area contributed by atoms with Crippen molar-refractivity contribution in [1.82, 2.24) is 0 Å². The van der Waals surface area contributed by atoms with Crippen LogP contribution in [-0.2, 0) is 19.9 Å². The fourth-order valence-electron chi connectivity index (χ4n) is 5.37. The zero-order valence-corrected chi connectivity index (χ0v) is 16.5. The third-order valence-corrected chi connectivity index (χ3v) is 6.91. The first-order valence-corrected chi connectivity index (χ1v) is 10.3. The van der Waals surface area contributed by atoms with E-state index in [1.54, 1.807) is 11.1 Å². The Labute approximate surface area is 162 Å². The van der Waals surface area contributed by atoms with Crippen molar-refractivity contribution in [3.8, 4) is 22.4 Å². The molecule has 1 nitrogen and oxygen atoms in total. The Morgan fingerprint density at radius 3 is 2.37 bits per heavy atom. The molecule has 1 aromatic heterocycles. The van der Waals surface area contributed by atoms with Gasteiger partial charge in [-0.3, -0.25) is 0 Å². The second kappa shape index (κ2) is 6.34. The molecule has 1 heterocycles. The summed E-state index contributed by atoms with van der Waals surface area (Å²) in [4.78, 5) is 0. The van der Waals surface area contributed by atoms with Gasteiger partial charge in [-0.1, -0.05) is 49.2 Å². The molecule has 2 aromatic carbocycles. The van der Waals surface area contributed by atoms with Gasteiger partial charge in [-0.15, -0.1) is 0 Å². The van der Waals surface area contributed by atoms with Crippen molar-refractivity contribution in [3.63, 3.8) is 0 Å². The number of aromatic nitrogens is 1. The van der Waals surface area contributed by atoms with Crippen LogP contribution in [0.15, 0.2) is 60.8 Å². The van der Waals surface area contributed by atoms with Crippen LogP contribution in [0, 0.1) is 12.3 Å². The lowest BCUT2D eigenvalue weighted by atomic mass is 9.83. The van der Waals surface area contributed by atoms with Crippen molar-refractivity contribution >= 4 is 0 Å². The monoisotopic (exact) mass is 354 g/mol. The molecule has 0 amide bonds. The van der Waals surface area contributed by atoms with Gasteiger partial charge in [0.25, 0.3) is 0 Å². The maximum atomic E-state index is 2.47. The average Bonchev–Trinajstić information content (AvgIpc) is 3.28. The van der Waals surface area contributed by atoms with Crippen LogP contribution in [0.4, 0.5) is 0 Å². The van der Waals surface area contributed by atoms with Gasteiger partial charge in [-0.2, -0.15) is 0 Å². The molecule has 3 aromatic rings. The van der Waals surface area contributed by atoms with E-state index >= 15 is 0 Å². The van der Waals surface area contributed by atoms with E-state index in [-0.39, 0.29) is 0 Å². The quantitative estimate of drug-likeness (QED) is 0.511. The van der Waals surface area contributed by atoms with E-state index in [2.05, 4.69) is 79.3 Å². The zero-order valence-electron chi connectivity index (χ0n) is 16.5. The molecule has 136 valence electrons. The Morgan fingerprint density at radius 1 is 0.815 bits per heavy atom.